The molecule has 4 rings (SSSR count). The smallest absolute Gasteiger partial charge is 0.279 e. The number of amides is 1. The number of nitrogens with zero attached hydrogens (tertiary/aromatic N) is 3. The molecule has 0 unspecified atom stereocenters. The summed E-state index contributed by atoms with van der Waals surface area (Å²) in [5.74, 6) is -0.474. The summed E-state index contributed by atoms with van der Waals surface area (Å²) in [6.45, 7) is 5.22. The Kier molecular flexibility index (Phi) is 6.88. The van der Waals surface area contributed by atoms with Gasteiger partial charge in [-0.25, -0.2) is 8.42 Å². The molecule has 6 nitrogen and oxygen atoms in total. The van der Waals surface area contributed by atoms with Crippen molar-refractivity contribution < 1.29 is 13.2 Å². The summed E-state index contributed by atoms with van der Waals surface area (Å²) in [5, 5.41) is 0.807. The van der Waals surface area contributed by atoms with Gasteiger partial charge >= 0.3 is 0 Å². The van der Waals surface area contributed by atoms with Crippen LogP contribution in [0, 0.1) is 0 Å². The van der Waals surface area contributed by atoms with Crippen LogP contribution in [0.2, 0.25) is 10.0 Å². The fourth-order valence-corrected chi connectivity index (χ4v) is 6.70. The molecule has 0 radical (unpaired) electrons. The molecule has 168 valence electrons. The van der Waals surface area contributed by atoms with Gasteiger partial charge in [0, 0.05) is 25.2 Å². The van der Waals surface area contributed by atoms with Crippen LogP contribution < -0.4 is 4.80 Å². The standard InChI is InChI=1S/C22H21Cl2N3O3S2/c1-2-12-27-20-18(11-10-17(23)19(20)24)31-22(27)25-21(28)15-6-8-16(9-7-15)32(29,30)26-13-4-3-5-14-26/h2,6-11H,1,3-5,12-14H2. The van der Waals surface area contributed by atoms with Crippen LogP contribution in [-0.2, 0) is 16.6 Å². The summed E-state index contributed by atoms with van der Waals surface area (Å²) in [6.07, 6.45) is 4.46. The Morgan fingerprint density at radius 3 is 2.44 bits per heavy atom. The van der Waals surface area contributed by atoms with Gasteiger partial charge in [0.05, 0.1) is 25.2 Å². The van der Waals surface area contributed by atoms with Crippen LogP contribution in [0.15, 0.2) is 58.9 Å². The number of fused-ring (bicyclic) bond motifs is 1. The lowest BCUT2D eigenvalue weighted by atomic mass is 10.2. The Morgan fingerprint density at radius 1 is 1.09 bits per heavy atom. The number of carbonyl (C=O) groups is 1. The van der Waals surface area contributed by atoms with E-state index in [0.717, 1.165) is 24.0 Å². The Labute approximate surface area is 200 Å². The molecule has 1 saturated heterocycles. The number of halogens is 2. The molecule has 0 spiro atoms. The Bertz CT molecular complexity index is 1350. The van der Waals surface area contributed by atoms with Gasteiger partial charge in [-0.2, -0.15) is 9.30 Å². The van der Waals surface area contributed by atoms with E-state index in [9.17, 15) is 13.2 Å². The molecule has 0 bridgehead atoms. The third-order valence-electron chi connectivity index (χ3n) is 5.30. The van der Waals surface area contributed by atoms with E-state index in [1.165, 1.54) is 39.9 Å². The number of sulfonamides is 1. The van der Waals surface area contributed by atoms with E-state index in [1.807, 2.05) is 6.07 Å². The van der Waals surface area contributed by atoms with Gasteiger partial charge in [0.1, 0.15) is 0 Å². The number of allylic oxidation sites excluding steroid dienone is 1. The molecule has 2 heterocycles. The number of rotatable bonds is 5. The average Bonchev–Trinajstić information content (AvgIpc) is 3.15. The largest absolute Gasteiger partial charge is 0.311 e. The molecule has 0 saturated carbocycles. The van der Waals surface area contributed by atoms with Crippen LogP contribution in [0.5, 0.6) is 0 Å². The van der Waals surface area contributed by atoms with E-state index in [0.29, 0.717) is 45.6 Å². The van der Waals surface area contributed by atoms with Crippen molar-refractivity contribution in [3.05, 3.63) is 69.5 Å². The predicted octanol–water partition coefficient (Wildman–Crippen LogP) is 5.11. The van der Waals surface area contributed by atoms with Crippen molar-refractivity contribution in [2.24, 2.45) is 4.99 Å². The lowest BCUT2D eigenvalue weighted by Crippen LogP contribution is -2.35. The highest BCUT2D eigenvalue weighted by molar-refractivity contribution is 7.89. The highest BCUT2D eigenvalue weighted by atomic mass is 35.5. The van der Waals surface area contributed by atoms with Crippen molar-refractivity contribution in [3.8, 4) is 0 Å². The van der Waals surface area contributed by atoms with Crippen molar-refractivity contribution >= 4 is 60.7 Å². The van der Waals surface area contributed by atoms with Gasteiger partial charge in [0.2, 0.25) is 10.0 Å². The van der Waals surface area contributed by atoms with Crippen molar-refractivity contribution in [2.75, 3.05) is 13.1 Å². The van der Waals surface area contributed by atoms with Crippen molar-refractivity contribution in [2.45, 2.75) is 30.7 Å². The molecule has 10 heteroatoms. The lowest BCUT2D eigenvalue weighted by molar-refractivity contribution is 0.0997. The number of aromatic nitrogens is 1. The molecule has 1 aliphatic heterocycles. The Balaban J connectivity index is 1.68. The summed E-state index contributed by atoms with van der Waals surface area (Å²) in [4.78, 5) is 17.8. The van der Waals surface area contributed by atoms with Crippen LogP contribution in [0.4, 0.5) is 0 Å². The molecule has 0 N–H and O–H groups in total. The summed E-state index contributed by atoms with van der Waals surface area (Å²) in [6, 6.07) is 9.46. The maximum Gasteiger partial charge on any atom is 0.279 e. The van der Waals surface area contributed by atoms with Crippen LogP contribution in [0.1, 0.15) is 29.6 Å². The lowest BCUT2D eigenvalue weighted by Gasteiger charge is -2.25. The summed E-state index contributed by atoms with van der Waals surface area (Å²) >= 11 is 13.9. The first-order valence-corrected chi connectivity index (χ1v) is 13.1. The van der Waals surface area contributed by atoms with Crippen LogP contribution in [0.25, 0.3) is 10.2 Å². The SMILES string of the molecule is C=CCn1c(=NC(=O)c2ccc(S(=O)(=O)N3CCCCC3)cc2)sc2ccc(Cl)c(Cl)c21. The maximum atomic E-state index is 12.8. The quantitative estimate of drug-likeness (QED) is 0.448. The van der Waals surface area contributed by atoms with Gasteiger partial charge in [0.25, 0.3) is 5.91 Å². The summed E-state index contributed by atoms with van der Waals surface area (Å²) < 4.78 is 29.8. The molecule has 1 aliphatic rings. The van der Waals surface area contributed by atoms with Gasteiger partial charge in [-0.15, -0.1) is 6.58 Å². The molecule has 2 aromatic carbocycles. The molecule has 0 atom stereocenters. The summed E-state index contributed by atoms with van der Waals surface area (Å²) in [5.41, 5.74) is 0.993. The van der Waals surface area contributed by atoms with Gasteiger partial charge in [-0.05, 0) is 49.2 Å². The fourth-order valence-electron chi connectivity index (χ4n) is 3.66. The zero-order valence-corrected chi connectivity index (χ0v) is 20.3. The molecule has 32 heavy (non-hydrogen) atoms. The van der Waals surface area contributed by atoms with Crippen LogP contribution in [-0.4, -0.2) is 36.3 Å². The van der Waals surface area contributed by atoms with Gasteiger partial charge < -0.3 is 4.57 Å². The van der Waals surface area contributed by atoms with Crippen LogP contribution >= 0.6 is 34.5 Å². The third kappa shape index (κ3) is 4.43. The molecule has 0 aliphatic carbocycles. The molecule has 1 amide bonds. The topological polar surface area (TPSA) is 71.7 Å². The predicted molar refractivity (Wildman–Crippen MR) is 129 cm³/mol. The monoisotopic (exact) mass is 509 g/mol. The minimum atomic E-state index is -3.55. The zero-order chi connectivity index (χ0) is 22.9. The second kappa shape index (κ2) is 9.49. The molecular weight excluding hydrogens is 489 g/mol. The average molecular weight is 510 g/mol. The van der Waals surface area contributed by atoms with Crippen molar-refractivity contribution in [3.63, 3.8) is 0 Å². The van der Waals surface area contributed by atoms with Gasteiger partial charge in [-0.3, -0.25) is 4.79 Å². The highest BCUT2D eigenvalue weighted by Gasteiger charge is 2.26. The second-order valence-corrected chi connectivity index (χ2v) is 11.1. The highest BCUT2D eigenvalue weighted by Crippen LogP contribution is 2.32. The van der Waals surface area contributed by atoms with Gasteiger partial charge in [-0.1, -0.05) is 47.0 Å². The molecule has 3 aromatic rings. The fraction of sp³-hybridized carbons (Fsp3) is 0.273. The van der Waals surface area contributed by atoms with Crippen molar-refractivity contribution in [1.82, 2.24) is 8.87 Å². The van der Waals surface area contributed by atoms with Crippen molar-refractivity contribution in [1.29, 1.82) is 0 Å². The molecule has 1 aromatic heterocycles. The second-order valence-electron chi connectivity index (χ2n) is 7.40. The van der Waals surface area contributed by atoms with Gasteiger partial charge in [0.15, 0.2) is 4.80 Å². The minimum Gasteiger partial charge on any atom is -0.311 e. The Morgan fingerprint density at radius 2 is 1.78 bits per heavy atom. The third-order valence-corrected chi connectivity index (χ3v) is 9.05. The number of benzene rings is 2. The van der Waals surface area contributed by atoms with E-state index >= 15 is 0 Å². The molecule has 1 fully saturated rings. The van der Waals surface area contributed by atoms with E-state index < -0.39 is 15.9 Å². The van der Waals surface area contributed by atoms with E-state index in [4.69, 9.17) is 23.2 Å². The minimum absolute atomic E-state index is 0.181. The number of carbonyl (C=O) groups excluding carboxylic acids is 1. The van der Waals surface area contributed by atoms with E-state index in [2.05, 4.69) is 11.6 Å². The number of hydrogen-bond acceptors (Lipinski definition) is 4. The number of piperidine rings is 1. The zero-order valence-electron chi connectivity index (χ0n) is 17.1. The van der Waals surface area contributed by atoms with E-state index in [1.54, 1.807) is 16.7 Å². The summed E-state index contributed by atoms with van der Waals surface area (Å²) in [7, 11) is -3.55. The van der Waals surface area contributed by atoms with E-state index in [-0.39, 0.29) is 4.90 Å². The first-order chi connectivity index (χ1) is 15.3. The normalized spacial score (nSPS) is 15.9. The first-order valence-electron chi connectivity index (χ1n) is 10.1. The van der Waals surface area contributed by atoms with Crippen LogP contribution in [0.3, 0.4) is 0 Å². The number of thiazole rings is 1. The Hall–Kier alpha value is -1.97. The maximum absolute atomic E-state index is 12.8. The first kappa shape index (κ1) is 23.2. The molecular formula is C22H21Cl2N3O3S2. The number of hydrogen-bond donors (Lipinski definition) is 0.